The normalized spacial score (nSPS) is 23.8. The molecule has 2 aliphatic rings. The molecule has 0 bridgehead atoms. The zero-order valence-electron chi connectivity index (χ0n) is 13.1. The second-order valence-electron chi connectivity index (χ2n) is 6.71. The molecule has 0 aromatic rings. The van der Waals surface area contributed by atoms with Gasteiger partial charge in [-0.1, -0.05) is 19.3 Å². The average Bonchev–Trinajstić information content (AvgIpc) is 3.14. The first-order chi connectivity index (χ1) is 9.53. The summed E-state index contributed by atoms with van der Waals surface area (Å²) in [6.45, 7) is 4.80. The van der Waals surface area contributed by atoms with Crippen LogP contribution in [0.5, 0.6) is 0 Å². The van der Waals surface area contributed by atoms with E-state index in [9.17, 15) is 4.79 Å². The number of esters is 1. The predicted molar refractivity (Wildman–Crippen MR) is 78.6 cm³/mol. The van der Waals surface area contributed by atoms with E-state index in [1.807, 2.05) is 6.92 Å². The highest BCUT2D eigenvalue weighted by atomic mass is 16.5. The number of methoxy groups -OCH3 is 1. The van der Waals surface area contributed by atoms with E-state index in [2.05, 4.69) is 12.2 Å². The highest BCUT2D eigenvalue weighted by Crippen LogP contribution is 2.30. The van der Waals surface area contributed by atoms with Gasteiger partial charge in [-0.05, 0) is 39.0 Å². The van der Waals surface area contributed by atoms with Crippen LogP contribution in [-0.4, -0.2) is 37.4 Å². The lowest BCUT2D eigenvalue weighted by atomic mass is 9.83. The molecule has 0 heterocycles. The smallest absolute Gasteiger partial charge is 0.325 e. The quantitative estimate of drug-likeness (QED) is 0.661. The van der Waals surface area contributed by atoms with Crippen LogP contribution < -0.4 is 5.32 Å². The summed E-state index contributed by atoms with van der Waals surface area (Å²) in [4.78, 5) is 12.0. The van der Waals surface area contributed by atoms with E-state index in [1.165, 1.54) is 26.4 Å². The molecular weight excluding hydrogens is 254 g/mol. The molecule has 0 aliphatic heterocycles. The largest absolute Gasteiger partial charge is 0.468 e. The molecule has 4 nitrogen and oxygen atoms in total. The third-order valence-corrected chi connectivity index (χ3v) is 4.58. The summed E-state index contributed by atoms with van der Waals surface area (Å²) in [5.41, 5.74) is -0.619. The first kappa shape index (κ1) is 15.8. The highest BCUT2D eigenvalue weighted by molar-refractivity contribution is 5.80. The van der Waals surface area contributed by atoms with Gasteiger partial charge in [0.25, 0.3) is 0 Å². The summed E-state index contributed by atoms with van der Waals surface area (Å²) < 4.78 is 10.9. The van der Waals surface area contributed by atoms with Crippen LogP contribution >= 0.6 is 0 Å². The number of hydrogen-bond donors (Lipinski definition) is 1. The van der Waals surface area contributed by atoms with Crippen LogP contribution in [0.2, 0.25) is 0 Å². The van der Waals surface area contributed by atoms with E-state index in [0.717, 1.165) is 31.8 Å². The van der Waals surface area contributed by atoms with E-state index in [4.69, 9.17) is 9.47 Å². The number of ether oxygens (including phenoxy) is 2. The van der Waals surface area contributed by atoms with E-state index >= 15 is 0 Å². The predicted octanol–water partition coefficient (Wildman–Crippen LogP) is 2.66. The number of hydrogen-bond acceptors (Lipinski definition) is 4. The molecule has 2 rings (SSSR count). The fourth-order valence-corrected chi connectivity index (χ4v) is 2.96. The van der Waals surface area contributed by atoms with Crippen molar-refractivity contribution in [3.8, 4) is 0 Å². The monoisotopic (exact) mass is 283 g/mol. The molecule has 2 saturated carbocycles. The SMILES string of the molecule is COC(=O)C(C)(CC(C)OCCC1CCC1)NC1CC1. The molecule has 0 amide bonds. The molecule has 2 aliphatic carbocycles. The molecule has 116 valence electrons. The standard InChI is InChI=1S/C16H29NO3/c1-12(20-10-9-13-5-4-6-13)11-16(2,15(18)19-3)17-14-7-8-14/h12-14,17H,4-11H2,1-3H3. The first-order valence-corrected chi connectivity index (χ1v) is 8.01. The fourth-order valence-electron chi connectivity index (χ4n) is 2.96. The Kier molecular flexibility index (Phi) is 5.44. The molecule has 2 atom stereocenters. The third kappa shape index (κ3) is 4.45. The summed E-state index contributed by atoms with van der Waals surface area (Å²) in [5.74, 6) is 0.692. The molecule has 0 aromatic carbocycles. The maximum atomic E-state index is 12.0. The molecule has 2 unspecified atom stereocenters. The van der Waals surface area contributed by atoms with Crippen LogP contribution in [0.1, 0.15) is 58.8 Å². The molecule has 20 heavy (non-hydrogen) atoms. The molecule has 4 heteroatoms. The average molecular weight is 283 g/mol. The molecular formula is C16H29NO3. The Bertz CT molecular complexity index is 326. The van der Waals surface area contributed by atoms with Crippen LogP contribution in [0, 0.1) is 5.92 Å². The topological polar surface area (TPSA) is 47.6 Å². The number of nitrogens with one attached hydrogen (secondary N) is 1. The Labute approximate surface area is 122 Å². The minimum atomic E-state index is -0.619. The lowest BCUT2D eigenvalue weighted by molar-refractivity contribution is -0.149. The Morgan fingerprint density at radius 1 is 1.35 bits per heavy atom. The van der Waals surface area contributed by atoms with E-state index in [0.29, 0.717) is 12.5 Å². The zero-order valence-corrected chi connectivity index (χ0v) is 13.1. The van der Waals surface area contributed by atoms with Crippen molar-refractivity contribution < 1.29 is 14.3 Å². The lowest BCUT2D eigenvalue weighted by Crippen LogP contribution is -2.53. The second-order valence-corrected chi connectivity index (χ2v) is 6.71. The summed E-state index contributed by atoms with van der Waals surface area (Å²) in [6.07, 6.45) is 8.32. The Hall–Kier alpha value is -0.610. The van der Waals surface area contributed by atoms with Gasteiger partial charge in [-0.15, -0.1) is 0 Å². The van der Waals surface area contributed by atoms with Crippen molar-refractivity contribution in [1.82, 2.24) is 5.32 Å². The lowest BCUT2D eigenvalue weighted by Gasteiger charge is -2.31. The van der Waals surface area contributed by atoms with Crippen molar-refractivity contribution in [2.45, 2.75) is 76.5 Å². The van der Waals surface area contributed by atoms with Gasteiger partial charge in [0.1, 0.15) is 5.54 Å². The van der Waals surface area contributed by atoms with Crippen molar-refractivity contribution in [1.29, 1.82) is 0 Å². The van der Waals surface area contributed by atoms with Gasteiger partial charge < -0.3 is 9.47 Å². The summed E-state index contributed by atoms with van der Waals surface area (Å²) in [7, 11) is 1.46. The van der Waals surface area contributed by atoms with Gasteiger partial charge in [0.2, 0.25) is 0 Å². The van der Waals surface area contributed by atoms with Gasteiger partial charge in [0.05, 0.1) is 13.2 Å². The van der Waals surface area contributed by atoms with Gasteiger partial charge in [0, 0.05) is 19.1 Å². The van der Waals surface area contributed by atoms with Crippen molar-refractivity contribution in [3.63, 3.8) is 0 Å². The van der Waals surface area contributed by atoms with Crippen LogP contribution in [0.15, 0.2) is 0 Å². The molecule has 0 aromatic heterocycles. The van der Waals surface area contributed by atoms with Gasteiger partial charge in [-0.25, -0.2) is 0 Å². The summed E-state index contributed by atoms with van der Waals surface area (Å²) >= 11 is 0. The zero-order chi connectivity index (χ0) is 14.6. The highest BCUT2D eigenvalue weighted by Gasteiger charge is 2.40. The van der Waals surface area contributed by atoms with Crippen molar-refractivity contribution in [3.05, 3.63) is 0 Å². The van der Waals surface area contributed by atoms with E-state index in [-0.39, 0.29) is 12.1 Å². The van der Waals surface area contributed by atoms with Crippen molar-refractivity contribution >= 4 is 5.97 Å². The maximum Gasteiger partial charge on any atom is 0.325 e. The van der Waals surface area contributed by atoms with Crippen LogP contribution in [-0.2, 0) is 14.3 Å². The van der Waals surface area contributed by atoms with Crippen molar-refractivity contribution in [2.75, 3.05) is 13.7 Å². The minimum absolute atomic E-state index is 0.0745. The summed E-state index contributed by atoms with van der Waals surface area (Å²) in [6, 6.07) is 0.473. The summed E-state index contributed by atoms with van der Waals surface area (Å²) in [5, 5.41) is 3.42. The van der Waals surface area contributed by atoms with E-state index in [1.54, 1.807) is 0 Å². The number of carbonyl (C=O) groups excluding carboxylic acids is 1. The minimum Gasteiger partial charge on any atom is -0.468 e. The molecule has 0 radical (unpaired) electrons. The number of rotatable bonds is 9. The molecule has 0 spiro atoms. The maximum absolute atomic E-state index is 12.0. The third-order valence-electron chi connectivity index (χ3n) is 4.58. The first-order valence-electron chi connectivity index (χ1n) is 8.01. The van der Waals surface area contributed by atoms with Gasteiger partial charge >= 0.3 is 5.97 Å². The van der Waals surface area contributed by atoms with E-state index < -0.39 is 5.54 Å². The number of carbonyl (C=O) groups is 1. The second kappa shape index (κ2) is 6.90. The van der Waals surface area contributed by atoms with Crippen LogP contribution in [0.3, 0.4) is 0 Å². The molecule has 2 fully saturated rings. The van der Waals surface area contributed by atoms with Crippen LogP contribution in [0.25, 0.3) is 0 Å². The van der Waals surface area contributed by atoms with Crippen molar-refractivity contribution in [2.24, 2.45) is 5.92 Å². The molecule has 0 saturated heterocycles. The van der Waals surface area contributed by atoms with Gasteiger partial charge in [0.15, 0.2) is 0 Å². The Balaban J connectivity index is 1.74. The van der Waals surface area contributed by atoms with Crippen LogP contribution in [0.4, 0.5) is 0 Å². The fraction of sp³-hybridized carbons (Fsp3) is 0.938. The van der Waals surface area contributed by atoms with Gasteiger partial charge in [-0.2, -0.15) is 0 Å². The Morgan fingerprint density at radius 2 is 2.05 bits per heavy atom. The molecule has 1 N–H and O–H groups in total. The van der Waals surface area contributed by atoms with Gasteiger partial charge in [-0.3, -0.25) is 10.1 Å². The Morgan fingerprint density at radius 3 is 2.55 bits per heavy atom.